The number of fused-ring (bicyclic) bond motifs is 4. The molecule has 0 N–H and O–H groups in total. The molecule has 6 heteroatoms. The number of thioether (sulfide) groups is 2. The van der Waals surface area contributed by atoms with E-state index in [0.717, 1.165) is 63.0 Å². The summed E-state index contributed by atoms with van der Waals surface area (Å²) in [6.45, 7) is 18.3. The molecule has 188 valence electrons. The van der Waals surface area contributed by atoms with E-state index in [1.54, 1.807) is 9.81 Å². The van der Waals surface area contributed by atoms with Gasteiger partial charge in [-0.1, -0.05) is 58.9 Å². The second-order valence-corrected chi connectivity index (χ2v) is 23.4. The summed E-state index contributed by atoms with van der Waals surface area (Å²) in [6.07, 6.45) is 9.84. The summed E-state index contributed by atoms with van der Waals surface area (Å²) in [4.78, 5) is 3.23. The van der Waals surface area contributed by atoms with Gasteiger partial charge in [-0.3, -0.25) is 0 Å². The van der Waals surface area contributed by atoms with Gasteiger partial charge in [0.2, 0.25) is 0 Å². The Morgan fingerprint density at radius 2 is 1.27 bits per heavy atom. The van der Waals surface area contributed by atoms with Gasteiger partial charge in [0.15, 0.2) is 0 Å². The molecule has 5 rings (SSSR count). The molecule has 0 amide bonds. The topological polar surface area (TPSA) is 0 Å². The molecule has 2 heterocycles. The van der Waals surface area contributed by atoms with E-state index in [4.69, 9.17) is 17.0 Å². The predicted octanol–water partition coefficient (Wildman–Crippen LogP) is 10.3. The zero-order valence-corrected chi connectivity index (χ0v) is 28.8. The summed E-state index contributed by atoms with van der Waals surface area (Å²) in [7, 11) is 8.45. The molecule has 0 saturated heterocycles. The van der Waals surface area contributed by atoms with Crippen LogP contribution in [0.1, 0.15) is 53.9 Å². The average Bonchev–Trinajstić information content (AvgIpc) is 3.38. The van der Waals surface area contributed by atoms with Crippen LogP contribution in [0.25, 0.3) is 0 Å². The number of halogens is 2. The summed E-state index contributed by atoms with van der Waals surface area (Å²) >= 11 is 3.72. The number of rotatable bonds is 2. The van der Waals surface area contributed by atoms with Gasteiger partial charge in [-0.05, 0) is 82.6 Å². The van der Waals surface area contributed by atoms with Crippen LogP contribution >= 0.6 is 40.5 Å². The summed E-state index contributed by atoms with van der Waals surface area (Å²) in [5.74, 6) is 6.59. The molecule has 10 atom stereocenters. The van der Waals surface area contributed by atoms with Crippen LogP contribution in [-0.4, -0.2) is 18.6 Å². The maximum absolute atomic E-state index is 4.93. The normalized spacial score (nSPS) is 45.2. The molecule has 0 aromatic heterocycles. The molecule has 3 saturated carbocycles. The van der Waals surface area contributed by atoms with Crippen LogP contribution in [0.5, 0.6) is 0 Å². The molecule has 2 aliphatic heterocycles. The molecular formula is C27H46Cl2S2SiZr. The van der Waals surface area contributed by atoms with Gasteiger partial charge >= 0.3 is 37.9 Å². The van der Waals surface area contributed by atoms with Crippen LogP contribution in [-0.2, 0) is 20.8 Å². The standard InChI is InChI=1S/C25H40S2Si.2CH3.2ClH.Zr/c1-13-8-9-14(2)21-18(13)10-15(3)24(21)28(6,7)25-22-19(11-16(4)26-22)20-12-17(5)27-23(20)25;;;;;/h11-15,18-25H,8-10H2,1-7H3;2*1H3;2*1H;/q;2*-1;;;+4/p-2. The fraction of sp³-hybridized carbons (Fsp3) is 0.778. The summed E-state index contributed by atoms with van der Waals surface area (Å²) in [5, 5.41) is 1.77. The summed E-state index contributed by atoms with van der Waals surface area (Å²) in [6, 6.07) is 0. The Hall–Kier alpha value is 1.86. The van der Waals surface area contributed by atoms with Crippen molar-refractivity contribution in [2.24, 2.45) is 41.4 Å². The molecular weight excluding hydrogens is 579 g/mol. The third-order valence-corrected chi connectivity index (χ3v) is 18.1. The van der Waals surface area contributed by atoms with E-state index in [1.165, 1.54) is 19.3 Å². The van der Waals surface area contributed by atoms with E-state index in [9.17, 15) is 0 Å². The Balaban J connectivity index is 0.000000733. The van der Waals surface area contributed by atoms with Crippen molar-refractivity contribution in [3.05, 3.63) is 36.8 Å². The molecule has 0 nitrogen and oxygen atoms in total. The molecule has 0 aromatic rings. The van der Waals surface area contributed by atoms with Crippen molar-refractivity contribution in [1.82, 2.24) is 0 Å². The van der Waals surface area contributed by atoms with Crippen molar-refractivity contribution in [3.8, 4) is 0 Å². The van der Waals surface area contributed by atoms with Crippen molar-refractivity contribution in [2.75, 3.05) is 0 Å². The van der Waals surface area contributed by atoms with E-state index in [2.05, 4.69) is 83.4 Å². The van der Waals surface area contributed by atoms with Crippen LogP contribution in [0.2, 0.25) is 24.2 Å². The Labute approximate surface area is 234 Å². The molecule has 0 spiro atoms. The second-order valence-electron chi connectivity index (χ2n) is 11.8. The van der Waals surface area contributed by atoms with Gasteiger partial charge in [-0.15, -0.1) is 23.5 Å². The molecule has 3 aliphatic carbocycles. The number of hydrogen-bond acceptors (Lipinski definition) is 2. The van der Waals surface area contributed by atoms with Crippen LogP contribution < -0.4 is 0 Å². The fourth-order valence-electron chi connectivity index (χ4n) is 8.87. The minimum atomic E-state index is -1.42. The molecule has 5 aliphatic rings. The van der Waals surface area contributed by atoms with Gasteiger partial charge in [0, 0.05) is 10.5 Å². The van der Waals surface area contributed by atoms with Crippen LogP contribution in [0, 0.1) is 56.3 Å². The first-order valence-electron chi connectivity index (χ1n) is 12.3. The van der Waals surface area contributed by atoms with E-state index in [-0.39, 0.29) is 14.9 Å². The molecule has 3 fully saturated rings. The zero-order chi connectivity index (χ0) is 22.7. The van der Waals surface area contributed by atoms with Gasteiger partial charge < -0.3 is 14.9 Å². The van der Waals surface area contributed by atoms with Crippen molar-refractivity contribution in [1.29, 1.82) is 0 Å². The molecule has 0 aromatic carbocycles. The van der Waals surface area contributed by atoms with Crippen LogP contribution in [0.15, 0.2) is 22.0 Å². The van der Waals surface area contributed by atoms with Crippen molar-refractivity contribution in [3.63, 3.8) is 0 Å². The van der Waals surface area contributed by atoms with E-state index in [0.29, 0.717) is 0 Å². The average molecular weight is 625 g/mol. The van der Waals surface area contributed by atoms with Gasteiger partial charge in [0.1, 0.15) is 0 Å². The van der Waals surface area contributed by atoms with Gasteiger partial charge in [-0.2, -0.15) is 0 Å². The Kier molecular flexibility index (Phi) is 11.4. The monoisotopic (exact) mass is 622 g/mol. The Morgan fingerprint density at radius 3 is 1.76 bits per heavy atom. The van der Waals surface area contributed by atoms with E-state index in [1.807, 2.05) is 0 Å². The molecule has 10 unspecified atom stereocenters. The first-order valence-corrected chi connectivity index (χ1v) is 23.5. The Bertz CT molecular complexity index is 710. The molecule has 0 bridgehead atoms. The quantitative estimate of drug-likeness (QED) is 0.221. The van der Waals surface area contributed by atoms with Crippen LogP contribution in [0.4, 0.5) is 0 Å². The van der Waals surface area contributed by atoms with Crippen molar-refractivity contribution >= 4 is 48.6 Å². The maximum atomic E-state index is 4.93. The first kappa shape index (κ1) is 31.1. The Morgan fingerprint density at radius 1 is 0.818 bits per heavy atom. The van der Waals surface area contributed by atoms with Gasteiger partial charge in [0.25, 0.3) is 0 Å². The fourth-order valence-corrected chi connectivity index (χ4v) is 20.0. The molecule has 33 heavy (non-hydrogen) atoms. The van der Waals surface area contributed by atoms with Crippen LogP contribution in [0.3, 0.4) is 0 Å². The first-order chi connectivity index (χ1) is 14.6. The minimum absolute atomic E-state index is 0. The van der Waals surface area contributed by atoms with Gasteiger partial charge in [0.05, 0.1) is 8.07 Å². The molecule has 0 radical (unpaired) electrons. The van der Waals surface area contributed by atoms with Crippen molar-refractivity contribution < 1.29 is 20.8 Å². The van der Waals surface area contributed by atoms with Crippen molar-refractivity contribution in [2.45, 2.75) is 88.6 Å². The third-order valence-electron chi connectivity index (χ3n) is 9.76. The summed E-state index contributed by atoms with van der Waals surface area (Å²) < 4.78 is 0. The van der Waals surface area contributed by atoms with E-state index < -0.39 is 28.9 Å². The number of allylic oxidation sites excluding steroid dienone is 4. The second kappa shape index (κ2) is 12.1. The van der Waals surface area contributed by atoms with Gasteiger partial charge in [-0.25, -0.2) is 0 Å². The zero-order valence-electron chi connectivity index (χ0n) is 22.2. The third kappa shape index (κ3) is 5.53. The predicted molar refractivity (Wildman–Crippen MR) is 155 cm³/mol. The summed E-state index contributed by atoms with van der Waals surface area (Å²) in [5.41, 5.74) is 2.03. The number of hydrogen-bond donors (Lipinski definition) is 0. The SMILES string of the molecule is CC1=CC2C3C=C(C)SC3C([Si](C)(C)C3C(C)CC4C(C)CCC(C)C43)C2S1.[CH3-].[CH3-].[Cl][Zr+2][Cl]. The van der Waals surface area contributed by atoms with E-state index >= 15 is 0 Å².